The zero-order valence-corrected chi connectivity index (χ0v) is 3.96. The molecule has 2 nitrogen and oxygen atoms in total. The lowest BCUT2D eigenvalue weighted by atomic mass is 9.84. The third-order valence-electron chi connectivity index (χ3n) is 0.732. The number of allylic oxidation sites excluding steroid dienone is 2. The van der Waals surface area contributed by atoms with Crippen molar-refractivity contribution in [1.29, 1.82) is 0 Å². The molecule has 7 heavy (non-hydrogen) atoms. The van der Waals surface area contributed by atoms with Gasteiger partial charge in [0, 0.05) is 6.20 Å². The highest BCUT2D eigenvalue weighted by molar-refractivity contribution is 6.44. The fourth-order valence-corrected chi connectivity index (χ4v) is 0.370. The first-order valence-corrected chi connectivity index (χ1v) is 2.10. The number of hydrogen-bond acceptors (Lipinski definition) is 2. The first-order chi connectivity index (χ1) is 3.39. The first-order valence-electron chi connectivity index (χ1n) is 2.10. The van der Waals surface area contributed by atoms with Gasteiger partial charge in [-0.3, -0.25) is 5.03 Å². The van der Waals surface area contributed by atoms with Gasteiger partial charge in [0.1, 0.15) is 0 Å². The van der Waals surface area contributed by atoms with Crippen LogP contribution in [0.3, 0.4) is 0 Å². The lowest BCUT2D eigenvalue weighted by molar-refractivity contribution is 1.29. The van der Waals surface area contributed by atoms with E-state index in [2.05, 4.69) is 16.7 Å². The summed E-state index contributed by atoms with van der Waals surface area (Å²) in [5.74, 6) is 0. The number of rotatable bonds is 0. The zero-order chi connectivity index (χ0) is 5.11. The van der Waals surface area contributed by atoms with E-state index < -0.39 is 0 Å². The van der Waals surface area contributed by atoms with Gasteiger partial charge in [-0.1, -0.05) is 5.47 Å². The normalized spacial score (nSPS) is 16.9. The van der Waals surface area contributed by atoms with Gasteiger partial charge >= 0.3 is 7.41 Å². The van der Waals surface area contributed by atoms with Crippen LogP contribution < -0.4 is 0 Å². The zero-order valence-electron chi connectivity index (χ0n) is 3.96. The molecule has 0 aromatic carbocycles. The van der Waals surface area contributed by atoms with E-state index in [0.717, 1.165) is 5.47 Å². The van der Waals surface area contributed by atoms with Gasteiger partial charge in [-0.05, 0) is 6.08 Å². The molecule has 34 valence electrons. The van der Waals surface area contributed by atoms with Crippen LogP contribution in [-0.2, 0) is 0 Å². The second kappa shape index (κ2) is 1.73. The molecule has 1 rings (SSSR count). The quantitative estimate of drug-likeness (QED) is 0.395. The SMILES string of the molecule is C=C1BN=NC=C1. The Hall–Kier alpha value is -0.855. The van der Waals surface area contributed by atoms with Crippen molar-refractivity contribution in [2.75, 3.05) is 0 Å². The summed E-state index contributed by atoms with van der Waals surface area (Å²) in [4.78, 5) is 0. The van der Waals surface area contributed by atoms with Crippen LogP contribution in [0.5, 0.6) is 0 Å². The Morgan fingerprint density at radius 3 is 2.86 bits per heavy atom. The van der Waals surface area contributed by atoms with E-state index in [0.29, 0.717) is 7.41 Å². The minimum absolute atomic E-state index is 0.663. The maximum Gasteiger partial charge on any atom is 0.323 e. The van der Waals surface area contributed by atoms with E-state index >= 15 is 0 Å². The van der Waals surface area contributed by atoms with E-state index in [1.54, 1.807) is 6.20 Å². The van der Waals surface area contributed by atoms with E-state index in [9.17, 15) is 0 Å². The van der Waals surface area contributed by atoms with E-state index in [1.165, 1.54) is 0 Å². The first kappa shape index (κ1) is 4.31. The van der Waals surface area contributed by atoms with Crippen LogP contribution in [0.1, 0.15) is 0 Å². The fraction of sp³-hybridized carbons (Fsp3) is 0. The van der Waals surface area contributed by atoms with Crippen LogP contribution >= 0.6 is 0 Å². The molecule has 0 aliphatic carbocycles. The summed E-state index contributed by atoms with van der Waals surface area (Å²) in [6, 6.07) is 0. The minimum atomic E-state index is 0.663. The summed E-state index contributed by atoms with van der Waals surface area (Å²) in [7, 11) is 0.663. The van der Waals surface area contributed by atoms with Crippen molar-refractivity contribution in [3.05, 3.63) is 24.3 Å². The Kier molecular flexibility index (Phi) is 1.07. The minimum Gasteiger partial charge on any atom is -0.253 e. The fourth-order valence-electron chi connectivity index (χ4n) is 0.370. The van der Waals surface area contributed by atoms with Crippen LogP contribution in [0.4, 0.5) is 0 Å². The molecule has 0 aromatic heterocycles. The van der Waals surface area contributed by atoms with E-state index in [4.69, 9.17) is 0 Å². The maximum absolute atomic E-state index is 3.70. The van der Waals surface area contributed by atoms with Gasteiger partial charge in [0.05, 0.1) is 0 Å². The number of hydrogen-bond donors (Lipinski definition) is 0. The van der Waals surface area contributed by atoms with Crippen molar-refractivity contribution >= 4 is 7.41 Å². The molecule has 1 aliphatic heterocycles. The van der Waals surface area contributed by atoms with Crippen LogP contribution in [0.2, 0.25) is 0 Å². The van der Waals surface area contributed by atoms with Crippen LogP contribution in [-0.4, -0.2) is 7.41 Å². The van der Waals surface area contributed by atoms with Crippen molar-refractivity contribution in [1.82, 2.24) is 0 Å². The van der Waals surface area contributed by atoms with Gasteiger partial charge in [-0.25, -0.2) is 0 Å². The average molecular weight is 91.9 g/mol. The molecular weight excluding hydrogens is 86.9 g/mol. The smallest absolute Gasteiger partial charge is 0.253 e. The predicted octanol–water partition coefficient (Wildman–Crippen LogP) is 0.831. The molecule has 1 aliphatic rings. The van der Waals surface area contributed by atoms with Crippen molar-refractivity contribution in [3.63, 3.8) is 0 Å². The molecule has 0 saturated carbocycles. The largest absolute Gasteiger partial charge is 0.323 e. The van der Waals surface area contributed by atoms with Gasteiger partial charge in [0.25, 0.3) is 0 Å². The number of nitrogens with zero attached hydrogens (tertiary/aromatic N) is 2. The summed E-state index contributed by atoms with van der Waals surface area (Å²) in [6.07, 6.45) is 3.50. The molecule has 0 fully saturated rings. The van der Waals surface area contributed by atoms with Crippen LogP contribution in [0.25, 0.3) is 0 Å². The molecule has 3 heteroatoms. The summed E-state index contributed by atoms with van der Waals surface area (Å²) >= 11 is 0. The standard InChI is InChI=1S/C4H5BN2/c1-4-2-3-6-7-5-4/h2-3,5H,1H2. The van der Waals surface area contributed by atoms with Crippen molar-refractivity contribution in [3.8, 4) is 0 Å². The summed E-state index contributed by atoms with van der Waals surface area (Å²) in [5, 5.41) is 7.31. The molecule has 0 spiro atoms. The molecule has 0 unspecified atom stereocenters. The molecular formula is C4H5BN2. The molecule has 0 amide bonds. The molecule has 0 atom stereocenters. The van der Waals surface area contributed by atoms with Gasteiger partial charge in [0.15, 0.2) is 0 Å². The summed E-state index contributed by atoms with van der Waals surface area (Å²) < 4.78 is 0. The van der Waals surface area contributed by atoms with Crippen molar-refractivity contribution in [2.45, 2.75) is 0 Å². The van der Waals surface area contributed by atoms with Crippen molar-refractivity contribution in [2.24, 2.45) is 10.1 Å². The average Bonchev–Trinajstić information content (AvgIpc) is 1.69. The predicted molar refractivity (Wildman–Crippen MR) is 30.3 cm³/mol. The molecule has 0 N–H and O–H groups in total. The molecule has 0 aromatic rings. The Labute approximate surface area is 42.9 Å². The summed E-state index contributed by atoms with van der Waals surface area (Å²) in [5.41, 5.74) is 1.02. The summed E-state index contributed by atoms with van der Waals surface area (Å²) in [6.45, 7) is 3.67. The monoisotopic (exact) mass is 92.1 g/mol. The topological polar surface area (TPSA) is 24.7 Å². The van der Waals surface area contributed by atoms with Crippen molar-refractivity contribution < 1.29 is 0 Å². The lowest BCUT2D eigenvalue weighted by Gasteiger charge is -1.91. The molecule has 0 bridgehead atoms. The van der Waals surface area contributed by atoms with E-state index in [-0.39, 0.29) is 0 Å². The van der Waals surface area contributed by atoms with Gasteiger partial charge in [-0.15, -0.1) is 6.58 Å². The Morgan fingerprint density at radius 1 is 1.71 bits per heavy atom. The molecule has 0 saturated heterocycles. The van der Waals surface area contributed by atoms with Gasteiger partial charge in [0.2, 0.25) is 0 Å². The highest BCUT2D eigenvalue weighted by atomic mass is 15.0. The lowest BCUT2D eigenvalue weighted by Crippen LogP contribution is -1.88. The van der Waals surface area contributed by atoms with Crippen LogP contribution in [0, 0.1) is 0 Å². The highest BCUT2D eigenvalue weighted by Crippen LogP contribution is 1.96. The van der Waals surface area contributed by atoms with E-state index in [1.807, 2.05) is 6.08 Å². The third-order valence-corrected chi connectivity index (χ3v) is 0.732. The van der Waals surface area contributed by atoms with Gasteiger partial charge in [-0.2, -0.15) is 5.11 Å². The molecule has 0 radical (unpaired) electrons. The second-order valence-corrected chi connectivity index (χ2v) is 1.39. The third kappa shape index (κ3) is 0.997. The Bertz CT molecular complexity index is 137. The van der Waals surface area contributed by atoms with Crippen LogP contribution in [0.15, 0.2) is 34.5 Å². The highest BCUT2D eigenvalue weighted by Gasteiger charge is 1.91. The maximum atomic E-state index is 3.70. The Balaban J connectivity index is 2.66. The molecule has 1 heterocycles. The van der Waals surface area contributed by atoms with Gasteiger partial charge < -0.3 is 0 Å². The second-order valence-electron chi connectivity index (χ2n) is 1.39. The Morgan fingerprint density at radius 2 is 2.57 bits per heavy atom.